The second kappa shape index (κ2) is 8.96. The van der Waals surface area contributed by atoms with Gasteiger partial charge in [-0.25, -0.2) is 13.2 Å². The summed E-state index contributed by atoms with van der Waals surface area (Å²) in [7, 11) is -3.17. The molecule has 27 heavy (non-hydrogen) atoms. The van der Waals surface area contributed by atoms with Crippen LogP contribution in [0.2, 0.25) is 0 Å². The van der Waals surface area contributed by atoms with Crippen LogP contribution in [-0.4, -0.2) is 39.7 Å². The molecule has 2 aromatic rings. The van der Waals surface area contributed by atoms with Gasteiger partial charge in [-0.15, -0.1) is 0 Å². The minimum atomic E-state index is -3.17. The van der Waals surface area contributed by atoms with Crippen LogP contribution in [-0.2, 0) is 25.1 Å². The fourth-order valence-electron chi connectivity index (χ4n) is 2.33. The molecule has 0 fully saturated rings. The van der Waals surface area contributed by atoms with Gasteiger partial charge in [0.15, 0.2) is 16.4 Å². The smallest absolute Gasteiger partial charge is 0.338 e. The monoisotopic (exact) mass is 386 g/mol. The van der Waals surface area contributed by atoms with Crippen molar-refractivity contribution in [2.45, 2.75) is 5.75 Å². The van der Waals surface area contributed by atoms with Gasteiger partial charge in [0.1, 0.15) is 6.54 Å². The molecule has 0 saturated carbocycles. The van der Waals surface area contributed by atoms with Gasteiger partial charge in [-0.05, 0) is 29.8 Å². The van der Waals surface area contributed by atoms with Gasteiger partial charge in [0.05, 0.1) is 17.4 Å². The zero-order chi connectivity index (χ0) is 19.9. The number of nitrogens with zero attached hydrogens (tertiary/aromatic N) is 2. The van der Waals surface area contributed by atoms with Gasteiger partial charge in [-0.2, -0.15) is 5.26 Å². The number of para-hydroxylation sites is 1. The van der Waals surface area contributed by atoms with Crippen molar-refractivity contribution in [1.29, 1.82) is 5.26 Å². The number of carbonyl (C=O) groups excluding carboxylic acids is 2. The molecule has 0 aliphatic carbocycles. The topological polar surface area (TPSA) is 105 Å². The molecule has 1 amide bonds. The highest BCUT2D eigenvalue weighted by Crippen LogP contribution is 2.14. The van der Waals surface area contributed by atoms with Gasteiger partial charge < -0.3 is 4.74 Å². The Labute approximate surface area is 157 Å². The van der Waals surface area contributed by atoms with Gasteiger partial charge in [-0.1, -0.05) is 30.3 Å². The first kappa shape index (κ1) is 20.1. The van der Waals surface area contributed by atoms with E-state index >= 15 is 0 Å². The van der Waals surface area contributed by atoms with Crippen molar-refractivity contribution in [3.05, 3.63) is 65.7 Å². The highest BCUT2D eigenvalue weighted by molar-refractivity contribution is 7.89. The number of amides is 1. The molecule has 7 nitrogen and oxygen atoms in total. The Hall–Kier alpha value is -3.18. The van der Waals surface area contributed by atoms with Crippen molar-refractivity contribution in [3.8, 4) is 6.07 Å². The van der Waals surface area contributed by atoms with E-state index in [4.69, 9.17) is 10.00 Å². The standard InChI is InChI=1S/C19H18N2O5S/c1-27(24,25)14-15-7-9-16(10-8-15)19(23)26-13-18(22)21(12-11-20)17-5-3-2-4-6-17/h2-10H,12-14H2,1H3. The molecule has 0 aliphatic heterocycles. The van der Waals surface area contributed by atoms with Crippen LogP contribution in [0.4, 0.5) is 5.69 Å². The van der Waals surface area contributed by atoms with E-state index in [-0.39, 0.29) is 17.9 Å². The zero-order valence-corrected chi connectivity index (χ0v) is 15.5. The molecule has 0 unspecified atom stereocenters. The normalized spacial score (nSPS) is 10.7. The van der Waals surface area contributed by atoms with Crippen LogP contribution >= 0.6 is 0 Å². The largest absolute Gasteiger partial charge is 0.452 e. The summed E-state index contributed by atoms with van der Waals surface area (Å²) in [6.45, 7) is -0.679. The van der Waals surface area contributed by atoms with Gasteiger partial charge in [-0.3, -0.25) is 9.69 Å². The lowest BCUT2D eigenvalue weighted by atomic mass is 10.1. The summed E-state index contributed by atoms with van der Waals surface area (Å²) in [6, 6.07) is 16.4. The number of esters is 1. The quantitative estimate of drug-likeness (QED) is 0.532. The number of rotatable bonds is 7. The third kappa shape index (κ3) is 6.24. The summed E-state index contributed by atoms with van der Waals surface area (Å²) in [5, 5.41) is 8.91. The first-order valence-corrected chi connectivity index (χ1v) is 10.0. The van der Waals surface area contributed by atoms with Crippen molar-refractivity contribution >= 4 is 27.4 Å². The van der Waals surface area contributed by atoms with E-state index in [1.165, 1.54) is 29.2 Å². The lowest BCUT2D eigenvalue weighted by Gasteiger charge is -2.19. The Kier molecular flexibility index (Phi) is 6.68. The van der Waals surface area contributed by atoms with Crippen LogP contribution in [0, 0.1) is 11.3 Å². The summed E-state index contributed by atoms with van der Waals surface area (Å²) in [5.41, 5.74) is 1.28. The third-order valence-corrected chi connectivity index (χ3v) is 4.40. The molecule has 0 bridgehead atoms. The molecule has 0 heterocycles. The predicted molar refractivity (Wildman–Crippen MR) is 99.7 cm³/mol. The van der Waals surface area contributed by atoms with E-state index in [1.54, 1.807) is 30.3 Å². The molecule has 0 spiro atoms. The van der Waals surface area contributed by atoms with Crippen molar-refractivity contribution in [1.82, 2.24) is 0 Å². The number of ether oxygens (including phenoxy) is 1. The zero-order valence-electron chi connectivity index (χ0n) is 14.7. The molecule has 0 atom stereocenters. The summed E-state index contributed by atoms with van der Waals surface area (Å²) in [4.78, 5) is 25.6. The Morgan fingerprint density at radius 2 is 1.70 bits per heavy atom. The minimum absolute atomic E-state index is 0.124. The number of hydrogen-bond acceptors (Lipinski definition) is 6. The van der Waals surface area contributed by atoms with Crippen molar-refractivity contribution < 1.29 is 22.7 Å². The first-order chi connectivity index (χ1) is 12.8. The first-order valence-electron chi connectivity index (χ1n) is 7.96. The molecule has 0 aromatic heterocycles. The van der Waals surface area contributed by atoms with Crippen LogP contribution in [0.3, 0.4) is 0 Å². The van der Waals surface area contributed by atoms with Gasteiger partial charge >= 0.3 is 5.97 Å². The molecule has 0 N–H and O–H groups in total. The molecule has 2 aromatic carbocycles. The number of hydrogen-bond donors (Lipinski definition) is 0. The number of nitriles is 1. The second-order valence-corrected chi connectivity index (χ2v) is 7.96. The average Bonchev–Trinajstić information content (AvgIpc) is 2.64. The highest BCUT2D eigenvalue weighted by atomic mass is 32.2. The summed E-state index contributed by atoms with van der Waals surface area (Å²) in [6.07, 6.45) is 1.13. The molecular formula is C19H18N2O5S. The fraction of sp³-hybridized carbons (Fsp3) is 0.211. The van der Waals surface area contributed by atoms with Gasteiger partial charge in [0.2, 0.25) is 0 Å². The van der Waals surface area contributed by atoms with E-state index in [2.05, 4.69) is 0 Å². The van der Waals surface area contributed by atoms with Gasteiger partial charge in [0, 0.05) is 11.9 Å². The Balaban J connectivity index is 1.99. The lowest BCUT2D eigenvalue weighted by molar-refractivity contribution is -0.121. The minimum Gasteiger partial charge on any atom is -0.452 e. The number of anilines is 1. The molecule has 8 heteroatoms. The third-order valence-electron chi connectivity index (χ3n) is 3.54. The fourth-order valence-corrected chi connectivity index (χ4v) is 3.13. The number of carbonyl (C=O) groups is 2. The average molecular weight is 386 g/mol. The summed E-state index contributed by atoms with van der Waals surface area (Å²) >= 11 is 0. The number of benzene rings is 2. The highest BCUT2D eigenvalue weighted by Gasteiger charge is 2.18. The van der Waals surface area contributed by atoms with Crippen LogP contribution in [0.5, 0.6) is 0 Å². The van der Waals surface area contributed by atoms with E-state index in [0.29, 0.717) is 11.3 Å². The predicted octanol–water partition coefficient (Wildman–Crippen LogP) is 1.94. The molecule has 0 aliphatic rings. The van der Waals surface area contributed by atoms with E-state index in [9.17, 15) is 18.0 Å². The summed E-state index contributed by atoms with van der Waals surface area (Å²) in [5.74, 6) is -1.36. The molecule has 0 radical (unpaired) electrons. The molecule has 0 saturated heterocycles. The Bertz CT molecular complexity index is 948. The molecule has 140 valence electrons. The molecule has 2 rings (SSSR count). The van der Waals surface area contributed by atoms with Crippen molar-refractivity contribution in [3.63, 3.8) is 0 Å². The maximum absolute atomic E-state index is 12.3. The number of sulfone groups is 1. The lowest BCUT2D eigenvalue weighted by Crippen LogP contribution is -2.35. The van der Waals surface area contributed by atoms with Crippen LogP contribution < -0.4 is 4.90 Å². The van der Waals surface area contributed by atoms with Crippen LogP contribution in [0.1, 0.15) is 15.9 Å². The van der Waals surface area contributed by atoms with Gasteiger partial charge in [0.25, 0.3) is 5.91 Å². The van der Waals surface area contributed by atoms with E-state index in [1.807, 2.05) is 6.07 Å². The Morgan fingerprint density at radius 1 is 1.07 bits per heavy atom. The van der Waals surface area contributed by atoms with Crippen LogP contribution in [0.15, 0.2) is 54.6 Å². The van der Waals surface area contributed by atoms with Crippen molar-refractivity contribution in [2.75, 3.05) is 24.3 Å². The maximum atomic E-state index is 12.3. The van der Waals surface area contributed by atoms with E-state index < -0.39 is 28.3 Å². The maximum Gasteiger partial charge on any atom is 0.338 e. The van der Waals surface area contributed by atoms with Crippen molar-refractivity contribution in [2.24, 2.45) is 0 Å². The molecular weight excluding hydrogens is 368 g/mol. The Morgan fingerprint density at radius 3 is 2.26 bits per heavy atom. The second-order valence-electron chi connectivity index (χ2n) is 5.82. The summed E-state index contributed by atoms with van der Waals surface area (Å²) < 4.78 is 27.6. The SMILES string of the molecule is CS(=O)(=O)Cc1ccc(C(=O)OCC(=O)N(CC#N)c2ccccc2)cc1. The van der Waals surface area contributed by atoms with E-state index in [0.717, 1.165) is 6.26 Å². The van der Waals surface area contributed by atoms with Crippen LogP contribution in [0.25, 0.3) is 0 Å².